The van der Waals surface area contributed by atoms with Gasteiger partial charge in [-0.15, -0.1) is 0 Å². The summed E-state index contributed by atoms with van der Waals surface area (Å²) in [4.78, 5) is 39.6. The van der Waals surface area contributed by atoms with Crippen LogP contribution in [0.5, 0.6) is 5.75 Å². The SMILES string of the molecule is O=C(COc1cccc(N2C(=O)[C@H]3[C@H]4CC[C@@H](C4)[C@@H]3C2=O)c1)c1ccc(Cl)cc1. The summed E-state index contributed by atoms with van der Waals surface area (Å²) in [6, 6.07) is 13.5. The minimum Gasteiger partial charge on any atom is -0.485 e. The molecule has 0 spiro atoms. The third-order valence-corrected chi connectivity index (χ3v) is 6.79. The van der Waals surface area contributed by atoms with E-state index >= 15 is 0 Å². The Bertz CT molecular complexity index is 974. The summed E-state index contributed by atoms with van der Waals surface area (Å²) >= 11 is 5.85. The third-order valence-electron chi connectivity index (χ3n) is 6.54. The molecule has 0 N–H and O–H groups in total. The molecule has 1 heterocycles. The van der Waals surface area contributed by atoms with Crippen molar-refractivity contribution in [2.45, 2.75) is 19.3 Å². The second-order valence-electron chi connectivity index (χ2n) is 8.11. The van der Waals surface area contributed by atoms with Gasteiger partial charge in [0.2, 0.25) is 11.8 Å². The van der Waals surface area contributed by atoms with E-state index < -0.39 is 0 Å². The number of hydrogen-bond donors (Lipinski definition) is 0. The lowest BCUT2D eigenvalue weighted by molar-refractivity contribution is -0.123. The number of amides is 2. The average Bonchev–Trinajstić information content (AvgIpc) is 3.41. The van der Waals surface area contributed by atoms with Crippen molar-refractivity contribution in [1.29, 1.82) is 0 Å². The lowest BCUT2D eigenvalue weighted by Crippen LogP contribution is -2.32. The molecule has 2 saturated carbocycles. The highest BCUT2D eigenvalue weighted by atomic mass is 35.5. The summed E-state index contributed by atoms with van der Waals surface area (Å²) in [6.07, 6.45) is 3.11. The summed E-state index contributed by atoms with van der Waals surface area (Å²) in [5.74, 6) is 0.500. The number of Topliss-reactive ketones (excluding diaryl/α,β-unsaturated/α-hetero) is 1. The van der Waals surface area contributed by atoms with E-state index in [1.165, 1.54) is 4.90 Å². The van der Waals surface area contributed by atoms with Crippen LogP contribution in [0, 0.1) is 23.7 Å². The third kappa shape index (κ3) is 3.04. The van der Waals surface area contributed by atoms with Crippen LogP contribution < -0.4 is 9.64 Å². The number of hydrogen-bond acceptors (Lipinski definition) is 4. The van der Waals surface area contributed by atoms with Crippen molar-refractivity contribution in [2.24, 2.45) is 23.7 Å². The maximum atomic E-state index is 13.0. The molecule has 3 aliphatic rings. The Balaban J connectivity index is 1.31. The number of anilines is 1. The molecule has 3 fully saturated rings. The molecule has 2 aliphatic carbocycles. The lowest BCUT2D eigenvalue weighted by Gasteiger charge is -2.19. The molecule has 1 aliphatic heterocycles. The van der Waals surface area contributed by atoms with E-state index in [-0.39, 0.29) is 36.0 Å². The average molecular weight is 410 g/mol. The van der Waals surface area contributed by atoms with Gasteiger partial charge in [0.1, 0.15) is 5.75 Å². The molecule has 5 nitrogen and oxygen atoms in total. The fourth-order valence-electron chi connectivity index (χ4n) is 5.24. The highest BCUT2D eigenvalue weighted by Crippen LogP contribution is 2.56. The van der Waals surface area contributed by atoms with E-state index in [4.69, 9.17) is 16.3 Å². The normalized spacial score (nSPS) is 27.4. The minimum absolute atomic E-state index is 0.0819. The molecule has 148 valence electrons. The number of ketones is 1. The zero-order valence-corrected chi connectivity index (χ0v) is 16.5. The number of carbonyl (C=O) groups is 3. The number of imide groups is 1. The Labute approximate surface area is 173 Å². The predicted octanol–water partition coefficient (Wildman–Crippen LogP) is 4.14. The van der Waals surface area contributed by atoms with E-state index in [0.29, 0.717) is 33.9 Å². The van der Waals surface area contributed by atoms with Crippen molar-refractivity contribution in [3.8, 4) is 5.75 Å². The molecule has 0 unspecified atom stereocenters. The zero-order valence-electron chi connectivity index (χ0n) is 15.7. The first-order chi connectivity index (χ1) is 14.0. The van der Waals surface area contributed by atoms with Crippen molar-refractivity contribution >= 4 is 34.9 Å². The molecule has 6 heteroatoms. The Kier molecular flexibility index (Phi) is 4.43. The van der Waals surface area contributed by atoms with Crippen LogP contribution in [0.25, 0.3) is 0 Å². The van der Waals surface area contributed by atoms with Crippen LogP contribution in [0.4, 0.5) is 5.69 Å². The number of fused-ring (bicyclic) bond motifs is 5. The van der Waals surface area contributed by atoms with Gasteiger partial charge >= 0.3 is 0 Å². The molecule has 0 aromatic heterocycles. The number of nitrogens with zero attached hydrogens (tertiary/aromatic N) is 1. The molecule has 2 bridgehead atoms. The molecule has 2 amide bonds. The number of benzene rings is 2. The van der Waals surface area contributed by atoms with E-state index in [9.17, 15) is 14.4 Å². The van der Waals surface area contributed by atoms with Crippen LogP contribution in [0.1, 0.15) is 29.6 Å². The quantitative estimate of drug-likeness (QED) is 0.550. The summed E-state index contributed by atoms with van der Waals surface area (Å²) < 4.78 is 5.64. The number of rotatable bonds is 5. The van der Waals surface area contributed by atoms with Crippen LogP contribution in [0.15, 0.2) is 48.5 Å². The predicted molar refractivity (Wildman–Crippen MR) is 108 cm³/mol. The monoisotopic (exact) mass is 409 g/mol. The van der Waals surface area contributed by atoms with Gasteiger partial charge < -0.3 is 4.74 Å². The van der Waals surface area contributed by atoms with Gasteiger partial charge in [0.05, 0.1) is 17.5 Å². The van der Waals surface area contributed by atoms with E-state index in [1.54, 1.807) is 48.5 Å². The number of carbonyl (C=O) groups excluding carboxylic acids is 3. The highest BCUT2D eigenvalue weighted by molar-refractivity contribution is 6.30. The maximum absolute atomic E-state index is 13.0. The van der Waals surface area contributed by atoms with Crippen LogP contribution in [-0.4, -0.2) is 24.2 Å². The Hall–Kier alpha value is -2.66. The first-order valence-electron chi connectivity index (χ1n) is 9.92. The van der Waals surface area contributed by atoms with Gasteiger partial charge in [-0.2, -0.15) is 0 Å². The van der Waals surface area contributed by atoms with Crippen LogP contribution in [0.2, 0.25) is 5.02 Å². The molecule has 1 saturated heterocycles. The van der Waals surface area contributed by atoms with Crippen LogP contribution in [0.3, 0.4) is 0 Å². The molecule has 5 rings (SSSR count). The highest BCUT2D eigenvalue weighted by Gasteiger charge is 2.61. The number of halogens is 1. The van der Waals surface area contributed by atoms with Gasteiger partial charge in [-0.1, -0.05) is 17.7 Å². The fraction of sp³-hybridized carbons (Fsp3) is 0.348. The lowest BCUT2D eigenvalue weighted by atomic mass is 9.81. The van der Waals surface area contributed by atoms with Gasteiger partial charge in [0.25, 0.3) is 0 Å². The van der Waals surface area contributed by atoms with Crippen LogP contribution >= 0.6 is 11.6 Å². The van der Waals surface area contributed by atoms with Gasteiger partial charge in [-0.3, -0.25) is 14.4 Å². The van der Waals surface area contributed by atoms with E-state index in [1.807, 2.05) is 0 Å². The summed E-state index contributed by atoms with van der Waals surface area (Å²) in [7, 11) is 0. The van der Waals surface area contributed by atoms with Crippen LogP contribution in [-0.2, 0) is 9.59 Å². The fourth-order valence-corrected chi connectivity index (χ4v) is 5.37. The van der Waals surface area contributed by atoms with Gasteiger partial charge in [0, 0.05) is 16.7 Å². The molecule has 29 heavy (non-hydrogen) atoms. The minimum atomic E-state index is -0.175. The molecule has 2 aromatic carbocycles. The largest absolute Gasteiger partial charge is 0.485 e. The van der Waals surface area contributed by atoms with E-state index in [2.05, 4.69) is 0 Å². The van der Waals surface area contributed by atoms with Gasteiger partial charge in [0.15, 0.2) is 12.4 Å². The second kappa shape index (κ2) is 6.99. The van der Waals surface area contributed by atoms with Crippen molar-refractivity contribution in [1.82, 2.24) is 0 Å². The standard InChI is InChI=1S/C23H20ClNO4/c24-16-8-6-13(7-9-16)19(26)12-29-18-3-1-2-17(11-18)25-22(27)20-14-4-5-15(10-14)21(20)23(25)28/h1-3,6-9,11,14-15,20-21H,4-5,10,12H2/t14-,15-,20-,21-/m0/s1. The van der Waals surface area contributed by atoms with Gasteiger partial charge in [-0.25, -0.2) is 4.90 Å². The molecule has 4 atom stereocenters. The summed E-state index contributed by atoms with van der Waals surface area (Å²) in [6.45, 7) is -0.137. The molecular weight excluding hydrogens is 390 g/mol. The Morgan fingerprint density at radius 3 is 2.31 bits per heavy atom. The Morgan fingerprint density at radius 1 is 1.00 bits per heavy atom. The van der Waals surface area contributed by atoms with Crippen molar-refractivity contribution in [3.63, 3.8) is 0 Å². The van der Waals surface area contributed by atoms with E-state index in [0.717, 1.165) is 19.3 Å². The first kappa shape index (κ1) is 18.4. The molecule has 2 aromatic rings. The Morgan fingerprint density at radius 2 is 1.66 bits per heavy atom. The van der Waals surface area contributed by atoms with Crippen molar-refractivity contribution in [2.75, 3.05) is 11.5 Å². The first-order valence-corrected chi connectivity index (χ1v) is 10.3. The summed E-state index contributed by atoms with van der Waals surface area (Å²) in [5, 5.41) is 0.563. The second-order valence-corrected chi connectivity index (χ2v) is 8.55. The smallest absolute Gasteiger partial charge is 0.237 e. The number of ether oxygens (including phenoxy) is 1. The molecular formula is C23H20ClNO4. The zero-order chi connectivity index (χ0) is 20.1. The van der Waals surface area contributed by atoms with Crippen molar-refractivity contribution < 1.29 is 19.1 Å². The molecule has 0 radical (unpaired) electrons. The van der Waals surface area contributed by atoms with Gasteiger partial charge in [-0.05, 0) is 67.5 Å². The maximum Gasteiger partial charge on any atom is 0.237 e. The summed E-state index contributed by atoms with van der Waals surface area (Å²) in [5.41, 5.74) is 1.03. The topological polar surface area (TPSA) is 63.7 Å². The van der Waals surface area contributed by atoms with Crippen molar-refractivity contribution in [3.05, 3.63) is 59.1 Å².